The summed E-state index contributed by atoms with van der Waals surface area (Å²) in [5.74, 6) is 1.29. The van der Waals surface area contributed by atoms with Crippen molar-refractivity contribution in [1.29, 1.82) is 0 Å². The number of rotatable bonds is 1. The van der Waals surface area contributed by atoms with Crippen LogP contribution in [0.25, 0.3) is 10.9 Å². The van der Waals surface area contributed by atoms with Crippen LogP contribution in [0.2, 0.25) is 0 Å². The van der Waals surface area contributed by atoms with E-state index in [4.69, 9.17) is 5.73 Å². The van der Waals surface area contributed by atoms with E-state index in [1.54, 1.807) is 0 Å². The number of hydrogen-bond acceptors (Lipinski definition) is 5. The molecule has 3 aromatic rings. The van der Waals surface area contributed by atoms with Crippen molar-refractivity contribution >= 4 is 34.0 Å². The van der Waals surface area contributed by atoms with E-state index in [9.17, 15) is 0 Å². The van der Waals surface area contributed by atoms with Gasteiger partial charge in [-0.05, 0) is 42.5 Å². The third-order valence-electron chi connectivity index (χ3n) is 4.15. The van der Waals surface area contributed by atoms with Gasteiger partial charge in [-0.15, -0.1) is 11.3 Å². The van der Waals surface area contributed by atoms with Gasteiger partial charge in [-0.1, -0.05) is 12.1 Å². The van der Waals surface area contributed by atoms with Crippen LogP contribution < -0.4 is 10.6 Å². The van der Waals surface area contributed by atoms with Crippen molar-refractivity contribution in [3.05, 3.63) is 46.2 Å². The molecular weight excluding hydrogens is 280 g/mol. The van der Waals surface area contributed by atoms with E-state index in [0.717, 1.165) is 29.7 Å². The normalized spacial score (nSPS) is 18.0. The van der Waals surface area contributed by atoms with Gasteiger partial charge in [-0.2, -0.15) is 4.98 Å². The van der Waals surface area contributed by atoms with Crippen molar-refractivity contribution < 1.29 is 0 Å². The van der Waals surface area contributed by atoms with Crippen molar-refractivity contribution in [3.63, 3.8) is 0 Å². The van der Waals surface area contributed by atoms with E-state index in [1.807, 2.05) is 29.5 Å². The molecule has 2 N–H and O–H groups in total. The quantitative estimate of drug-likeness (QED) is 0.748. The largest absolute Gasteiger partial charge is 0.368 e. The highest BCUT2D eigenvalue weighted by atomic mass is 32.1. The number of thiophene rings is 1. The smallest absolute Gasteiger partial charge is 0.222 e. The van der Waals surface area contributed by atoms with Crippen molar-refractivity contribution in [3.8, 4) is 0 Å². The Morgan fingerprint density at radius 3 is 3.00 bits per heavy atom. The zero-order valence-electron chi connectivity index (χ0n) is 11.8. The Morgan fingerprint density at radius 1 is 1.24 bits per heavy atom. The van der Waals surface area contributed by atoms with E-state index < -0.39 is 0 Å². The van der Waals surface area contributed by atoms with Crippen molar-refractivity contribution in [2.45, 2.75) is 19.4 Å². The molecule has 0 saturated heterocycles. The van der Waals surface area contributed by atoms with Crippen LogP contribution in [0.3, 0.4) is 0 Å². The molecule has 5 heteroatoms. The first-order valence-electron chi connectivity index (χ1n) is 7.09. The lowest BCUT2D eigenvalue weighted by atomic mass is 10.0. The molecule has 1 unspecified atom stereocenters. The summed E-state index contributed by atoms with van der Waals surface area (Å²) < 4.78 is 0. The van der Waals surface area contributed by atoms with Crippen LogP contribution in [0.5, 0.6) is 0 Å². The number of nitrogens with two attached hydrogens (primary N) is 1. The maximum atomic E-state index is 5.90. The van der Waals surface area contributed by atoms with Crippen LogP contribution >= 0.6 is 11.3 Å². The molecule has 2 aromatic heterocycles. The second-order valence-electron chi connectivity index (χ2n) is 5.34. The predicted molar refractivity (Wildman–Crippen MR) is 87.7 cm³/mol. The highest BCUT2D eigenvalue weighted by Gasteiger charge is 2.27. The fourth-order valence-electron chi connectivity index (χ4n) is 3.10. The first kappa shape index (κ1) is 12.6. The number of hydrogen-bond donors (Lipinski definition) is 1. The van der Waals surface area contributed by atoms with Crippen molar-refractivity contribution in [1.82, 2.24) is 9.97 Å². The summed E-state index contributed by atoms with van der Waals surface area (Å²) in [5.41, 5.74) is 8.22. The summed E-state index contributed by atoms with van der Waals surface area (Å²) in [6.45, 7) is 3.20. The standard InChI is InChI=1S/C16H16N4S/c1-10-11-7-9-21-14(11)6-8-20(10)15-12-4-2-3-5-13(12)18-16(17)19-15/h2-5,7,9-10H,6,8H2,1H3,(H2,17,18,19). The van der Waals surface area contributed by atoms with Crippen molar-refractivity contribution in [2.75, 3.05) is 17.2 Å². The zero-order chi connectivity index (χ0) is 14.4. The molecule has 1 aliphatic rings. The van der Waals surface area contributed by atoms with Gasteiger partial charge in [-0.3, -0.25) is 0 Å². The summed E-state index contributed by atoms with van der Waals surface area (Å²) in [6, 6.07) is 10.6. The second-order valence-corrected chi connectivity index (χ2v) is 6.34. The topological polar surface area (TPSA) is 55.0 Å². The molecule has 1 atom stereocenters. The number of benzene rings is 1. The highest BCUT2D eigenvalue weighted by molar-refractivity contribution is 7.10. The van der Waals surface area contributed by atoms with Crippen LogP contribution in [0.4, 0.5) is 11.8 Å². The minimum atomic E-state index is 0.317. The minimum absolute atomic E-state index is 0.317. The lowest BCUT2D eigenvalue weighted by Crippen LogP contribution is -2.34. The molecule has 0 bridgehead atoms. The lowest BCUT2D eigenvalue weighted by Gasteiger charge is -2.35. The van der Waals surface area contributed by atoms with Gasteiger partial charge in [0.2, 0.25) is 5.95 Å². The first-order chi connectivity index (χ1) is 10.2. The van der Waals surface area contributed by atoms with Crippen LogP contribution in [-0.2, 0) is 6.42 Å². The Labute approximate surface area is 127 Å². The van der Waals surface area contributed by atoms with Crippen LogP contribution in [0.1, 0.15) is 23.4 Å². The Bertz CT molecular complexity index is 811. The summed E-state index contributed by atoms with van der Waals surface area (Å²) in [5, 5.41) is 3.24. The average molecular weight is 296 g/mol. The lowest BCUT2D eigenvalue weighted by molar-refractivity contribution is 0.627. The van der Waals surface area contributed by atoms with Crippen LogP contribution in [0, 0.1) is 0 Å². The maximum absolute atomic E-state index is 5.90. The number of anilines is 2. The van der Waals surface area contributed by atoms with Crippen LogP contribution in [0.15, 0.2) is 35.7 Å². The van der Waals surface area contributed by atoms with E-state index in [2.05, 4.69) is 39.3 Å². The van der Waals surface area contributed by atoms with Gasteiger partial charge in [0.15, 0.2) is 0 Å². The fourth-order valence-corrected chi connectivity index (χ4v) is 4.06. The average Bonchev–Trinajstić information content (AvgIpc) is 2.96. The maximum Gasteiger partial charge on any atom is 0.222 e. The molecule has 0 saturated carbocycles. The monoisotopic (exact) mass is 296 g/mol. The molecule has 1 aliphatic heterocycles. The molecule has 0 aliphatic carbocycles. The molecular formula is C16H16N4S. The molecule has 1 aromatic carbocycles. The number of fused-ring (bicyclic) bond motifs is 2. The van der Waals surface area contributed by atoms with Gasteiger partial charge in [0.1, 0.15) is 5.82 Å². The Kier molecular flexibility index (Phi) is 2.82. The summed E-state index contributed by atoms with van der Waals surface area (Å²) in [4.78, 5) is 12.7. The third kappa shape index (κ3) is 1.96. The SMILES string of the molecule is CC1c2ccsc2CCN1c1nc(N)nc2ccccc12. The molecule has 0 fully saturated rings. The molecule has 0 spiro atoms. The van der Waals surface area contributed by atoms with Gasteiger partial charge in [0, 0.05) is 16.8 Å². The molecule has 106 valence electrons. The van der Waals surface area contributed by atoms with E-state index in [0.29, 0.717) is 12.0 Å². The third-order valence-corrected chi connectivity index (χ3v) is 5.15. The molecule has 0 radical (unpaired) electrons. The Hall–Kier alpha value is -2.14. The van der Waals surface area contributed by atoms with Gasteiger partial charge in [0.25, 0.3) is 0 Å². The summed E-state index contributed by atoms with van der Waals surface area (Å²) in [7, 11) is 0. The van der Waals surface area contributed by atoms with E-state index in [1.165, 1.54) is 10.4 Å². The van der Waals surface area contributed by atoms with Gasteiger partial charge >= 0.3 is 0 Å². The molecule has 21 heavy (non-hydrogen) atoms. The van der Waals surface area contributed by atoms with Gasteiger partial charge < -0.3 is 10.6 Å². The molecule has 4 nitrogen and oxygen atoms in total. The number of nitrogen functional groups attached to an aromatic ring is 1. The first-order valence-corrected chi connectivity index (χ1v) is 7.97. The number of aromatic nitrogens is 2. The second kappa shape index (κ2) is 4.70. The Balaban J connectivity index is 1.88. The fraction of sp³-hybridized carbons (Fsp3) is 0.250. The Morgan fingerprint density at radius 2 is 2.10 bits per heavy atom. The highest BCUT2D eigenvalue weighted by Crippen LogP contribution is 2.37. The number of nitrogens with zero attached hydrogens (tertiary/aromatic N) is 3. The van der Waals surface area contributed by atoms with Crippen molar-refractivity contribution in [2.24, 2.45) is 0 Å². The molecule has 4 rings (SSSR count). The molecule has 0 amide bonds. The zero-order valence-corrected chi connectivity index (χ0v) is 12.6. The predicted octanol–water partition coefficient (Wildman–Crippen LogP) is 3.40. The minimum Gasteiger partial charge on any atom is -0.368 e. The number of para-hydroxylation sites is 1. The summed E-state index contributed by atoms with van der Waals surface area (Å²) in [6.07, 6.45) is 1.07. The van der Waals surface area contributed by atoms with Crippen LogP contribution in [-0.4, -0.2) is 16.5 Å². The van der Waals surface area contributed by atoms with E-state index in [-0.39, 0.29) is 0 Å². The van der Waals surface area contributed by atoms with Gasteiger partial charge in [0.05, 0.1) is 11.6 Å². The van der Waals surface area contributed by atoms with Gasteiger partial charge in [-0.25, -0.2) is 4.98 Å². The summed E-state index contributed by atoms with van der Waals surface area (Å²) >= 11 is 1.85. The molecule has 3 heterocycles. The van der Waals surface area contributed by atoms with E-state index >= 15 is 0 Å².